The van der Waals surface area contributed by atoms with Crippen LogP contribution in [0.2, 0.25) is 0 Å². The van der Waals surface area contributed by atoms with Crippen LogP contribution in [0.4, 0.5) is 4.79 Å². The standard InChI is InChI=1S/C16H32N2O2/c1-12(19)10-16(4,5)11-17-14(20)18-13-6-8-15(2,3)9-7-13/h12-13,19H,6-11H2,1-5H3,(H2,17,18,20). The molecule has 1 rings (SSSR count). The second kappa shape index (κ2) is 6.79. The predicted octanol–water partition coefficient (Wildman–Crippen LogP) is 3.05. The van der Waals surface area contributed by atoms with E-state index in [2.05, 4.69) is 38.3 Å². The van der Waals surface area contributed by atoms with Crippen LogP contribution >= 0.6 is 0 Å². The zero-order valence-electron chi connectivity index (χ0n) is 13.8. The molecule has 1 aliphatic carbocycles. The molecule has 1 fully saturated rings. The average Bonchev–Trinajstić information content (AvgIpc) is 2.28. The van der Waals surface area contributed by atoms with E-state index in [1.54, 1.807) is 6.92 Å². The van der Waals surface area contributed by atoms with Crippen molar-refractivity contribution in [1.29, 1.82) is 0 Å². The van der Waals surface area contributed by atoms with E-state index in [9.17, 15) is 9.90 Å². The number of nitrogens with one attached hydrogen (secondary N) is 2. The van der Waals surface area contributed by atoms with Crippen molar-refractivity contribution in [2.45, 2.75) is 78.9 Å². The van der Waals surface area contributed by atoms with Gasteiger partial charge in [0.2, 0.25) is 0 Å². The minimum atomic E-state index is -0.338. The van der Waals surface area contributed by atoms with Crippen molar-refractivity contribution in [3.63, 3.8) is 0 Å². The molecule has 1 saturated carbocycles. The Bertz CT molecular complexity index is 314. The highest BCUT2D eigenvalue weighted by atomic mass is 16.3. The number of aliphatic hydroxyl groups excluding tert-OH is 1. The van der Waals surface area contributed by atoms with E-state index in [4.69, 9.17) is 0 Å². The van der Waals surface area contributed by atoms with E-state index in [0.717, 1.165) is 12.8 Å². The van der Waals surface area contributed by atoms with Crippen LogP contribution in [0.15, 0.2) is 0 Å². The molecule has 1 aliphatic rings. The maximum Gasteiger partial charge on any atom is 0.315 e. The van der Waals surface area contributed by atoms with Gasteiger partial charge >= 0.3 is 6.03 Å². The predicted molar refractivity (Wildman–Crippen MR) is 82.7 cm³/mol. The molecule has 0 spiro atoms. The van der Waals surface area contributed by atoms with Gasteiger partial charge in [0, 0.05) is 12.6 Å². The lowest BCUT2D eigenvalue weighted by Gasteiger charge is -2.35. The van der Waals surface area contributed by atoms with Crippen molar-refractivity contribution in [2.24, 2.45) is 10.8 Å². The van der Waals surface area contributed by atoms with Crippen LogP contribution < -0.4 is 10.6 Å². The van der Waals surface area contributed by atoms with E-state index in [1.807, 2.05) is 0 Å². The SMILES string of the molecule is CC(O)CC(C)(C)CNC(=O)NC1CCC(C)(C)CC1. The molecule has 4 heteroatoms. The Labute approximate surface area is 123 Å². The molecule has 3 N–H and O–H groups in total. The second-order valence-corrected chi connectivity index (χ2v) is 7.98. The number of amides is 2. The van der Waals surface area contributed by atoms with Gasteiger partial charge in [-0.15, -0.1) is 0 Å². The van der Waals surface area contributed by atoms with Crippen molar-refractivity contribution in [3.05, 3.63) is 0 Å². The zero-order valence-corrected chi connectivity index (χ0v) is 13.8. The Balaban J connectivity index is 2.27. The summed E-state index contributed by atoms with van der Waals surface area (Å²) in [5.74, 6) is 0. The maximum atomic E-state index is 11.9. The summed E-state index contributed by atoms with van der Waals surface area (Å²) in [5.41, 5.74) is 0.341. The Morgan fingerprint density at radius 2 is 1.90 bits per heavy atom. The molecule has 0 aromatic heterocycles. The van der Waals surface area contributed by atoms with E-state index in [-0.39, 0.29) is 17.6 Å². The van der Waals surface area contributed by atoms with Crippen molar-refractivity contribution in [1.82, 2.24) is 10.6 Å². The summed E-state index contributed by atoms with van der Waals surface area (Å²) < 4.78 is 0. The first kappa shape index (κ1) is 17.3. The number of aliphatic hydroxyl groups is 1. The minimum Gasteiger partial charge on any atom is -0.393 e. The van der Waals surface area contributed by atoms with Crippen molar-refractivity contribution >= 4 is 6.03 Å². The second-order valence-electron chi connectivity index (χ2n) is 7.98. The van der Waals surface area contributed by atoms with E-state index in [1.165, 1.54) is 12.8 Å². The fourth-order valence-electron chi connectivity index (χ4n) is 2.97. The quantitative estimate of drug-likeness (QED) is 0.726. The summed E-state index contributed by atoms with van der Waals surface area (Å²) in [6.45, 7) is 11.1. The first-order valence-electron chi connectivity index (χ1n) is 7.82. The fraction of sp³-hybridized carbons (Fsp3) is 0.938. The third-order valence-corrected chi connectivity index (χ3v) is 4.25. The summed E-state index contributed by atoms with van der Waals surface area (Å²) in [4.78, 5) is 11.9. The van der Waals surface area contributed by atoms with E-state index in [0.29, 0.717) is 24.4 Å². The van der Waals surface area contributed by atoms with Gasteiger partial charge in [-0.25, -0.2) is 4.79 Å². The molecule has 4 nitrogen and oxygen atoms in total. The topological polar surface area (TPSA) is 61.4 Å². The highest BCUT2D eigenvalue weighted by molar-refractivity contribution is 5.74. The van der Waals surface area contributed by atoms with Gasteiger partial charge in [0.25, 0.3) is 0 Å². The molecule has 20 heavy (non-hydrogen) atoms. The molecule has 1 unspecified atom stereocenters. The van der Waals surface area contributed by atoms with E-state index < -0.39 is 0 Å². The normalized spacial score (nSPS) is 21.3. The Morgan fingerprint density at radius 3 is 2.40 bits per heavy atom. The number of rotatable bonds is 5. The molecule has 0 aromatic rings. The van der Waals surface area contributed by atoms with Crippen LogP contribution in [0.5, 0.6) is 0 Å². The first-order valence-corrected chi connectivity index (χ1v) is 7.82. The highest BCUT2D eigenvalue weighted by Crippen LogP contribution is 2.34. The monoisotopic (exact) mass is 284 g/mol. The lowest BCUT2D eigenvalue weighted by atomic mass is 9.76. The first-order chi connectivity index (χ1) is 9.10. The Hall–Kier alpha value is -0.770. The Kier molecular flexibility index (Phi) is 5.87. The minimum absolute atomic E-state index is 0.0756. The van der Waals surface area contributed by atoms with Crippen LogP contribution in [0.3, 0.4) is 0 Å². The third kappa shape index (κ3) is 6.60. The molecule has 0 aromatic carbocycles. The lowest BCUT2D eigenvalue weighted by molar-refractivity contribution is 0.128. The smallest absolute Gasteiger partial charge is 0.315 e. The average molecular weight is 284 g/mol. The van der Waals surface area contributed by atoms with Gasteiger partial charge in [-0.1, -0.05) is 27.7 Å². The largest absolute Gasteiger partial charge is 0.393 e. The van der Waals surface area contributed by atoms with Crippen LogP contribution in [0.1, 0.15) is 66.7 Å². The summed E-state index contributed by atoms with van der Waals surface area (Å²) in [5, 5.41) is 15.4. The van der Waals surface area contributed by atoms with Gasteiger partial charge < -0.3 is 15.7 Å². The summed E-state index contributed by atoms with van der Waals surface area (Å²) in [6, 6.07) is 0.233. The molecular formula is C16H32N2O2. The number of hydrogen-bond donors (Lipinski definition) is 3. The van der Waals surface area contributed by atoms with Gasteiger partial charge in [0.15, 0.2) is 0 Å². The van der Waals surface area contributed by atoms with Gasteiger partial charge in [-0.2, -0.15) is 0 Å². The molecule has 0 radical (unpaired) electrons. The maximum absolute atomic E-state index is 11.9. The van der Waals surface area contributed by atoms with Gasteiger partial charge in [0.1, 0.15) is 0 Å². The van der Waals surface area contributed by atoms with Gasteiger partial charge in [0.05, 0.1) is 6.10 Å². The molecule has 2 amide bonds. The number of carbonyl (C=O) groups is 1. The van der Waals surface area contributed by atoms with Crippen molar-refractivity contribution in [3.8, 4) is 0 Å². The molecular weight excluding hydrogens is 252 g/mol. The van der Waals surface area contributed by atoms with Crippen molar-refractivity contribution < 1.29 is 9.90 Å². The molecule has 0 saturated heterocycles. The summed E-state index contributed by atoms with van der Waals surface area (Å²) >= 11 is 0. The highest BCUT2D eigenvalue weighted by Gasteiger charge is 2.28. The fourth-order valence-corrected chi connectivity index (χ4v) is 2.97. The zero-order chi connectivity index (χ0) is 15.4. The molecule has 1 atom stereocenters. The molecule has 118 valence electrons. The Morgan fingerprint density at radius 1 is 1.35 bits per heavy atom. The summed E-state index contributed by atoms with van der Waals surface area (Å²) in [7, 11) is 0. The van der Waals surface area contributed by atoms with Crippen LogP contribution in [-0.2, 0) is 0 Å². The van der Waals surface area contributed by atoms with Gasteiger partial charge in [-0.3, -0.25) is 0 Å². The van der Waals surface area contributed by atoms with Crippen LogP contribution in [0.25, 0.3) is 0 Å². The lowest BCUT2D eigenvalue weighted by Crippen LogP contribution is -2.47. The van der Waals surface area contributed by atoms with Gasteiger partial charge in [-0.05, 0) is 49.9 Å². The van der Waals surface area contributed by atoms with Crippen LogP contribution in [0, 0.1) is 10.8 Å². The van der Waals surface area contributed by atoms with E-state index >= 15 is 0 Å². The third-order valence-electron chi connectivity index (χ3n) is 4.25. The molecule has 0 bridgehead atoms. The molecule has 0 aliphatic heterocycles. The summed E-state index contributed by atoms with van der Waals surface area (Å²) in [6.07, 6.45) is 4.83. The molecule has 0 heterocycles. The number of carbonyl (C=O) groups excluding carboxylic acids is 1. The van der Waals surface area contributed by atoms with Crippen molar-refractivity contribution in [2.75, 3.05) is 6.54 Å². The number of urea groups is 1. The number of hydrogen-bond acceptors (Lipinski definition) is 2. The van der Waals surface area contributed by atoms with Crippen LogP contribution in [-0.4, -0.2) is 29.8 Å².